The first-order valence-corrected chi connectivity index (χ1v) is 9.25. The summed E-state index contributed by atoms with van der Waals surface area (Å²) in [6.07, 6.45) is 8.89. The van der Waals surface area contributed by atoms with Gasteiger partial charge in [-0.3, -0.25) is 4.98 Å². The van der Waals surface area contributed by atoms with Crippen LogP contribution in [-0.2, 0) is 10.0 Å². The average Bonchev–Trinajstić information content (AvgIpc) is 2.41. The molecule has 6 heteroatoms. The van der Waals surface area contributed by atoms with Gasteiger partial charge in [0.05, 0.1) is 18.1 Å². The Labute approximate surface area is 128 Å². The molecule has 120 valence electrons. The van der Waals surface area contributed by atoms with Crippen molar-refractivity contribution in [1.29, 1.82) is 0 Å². The van der Waals surface area contributed by atoms with Gasteiger partial charge in [0.25, 0.3) is 0 Å². The van der Waals surface area contributed by atoms with Crippen LogP contribution in [0.2, 0.25) is 0 Å². The SMILES string of the molecule is Cc1ncccc1OCCCCCCCCCS(N)(=O)=O. The number of aryl methyl sites for hydroxylation is 1. The quantitative estimate of drug-likeness (QED) is 0.637. The maximum atomic E-state index is 10.7. The molecule has 0 saturated heterocycles. The highest BCUT2D eigenvalue weighted by atomic mass is 32.2. The molecule has 1 aromatic heterocycles. The third-order valence-electron chi connectivity index (χ3n) is 3.29. The minimum Gasteiger partial charge on any atom is -0.492 e. The summed E-state index contributed by atoms with van der Waals surface area (Å²) in [5, 5.41) is 4.94. The molecule has 0 aliphatic heterocycles. The Morgan fingerprint density at radius 1 is 1.10 bits per heavy atom. The Morgan fingerprint density at radius 2 is 1.71 bits per heavy atom. The van der Waals surface area contributed by atoms with E-state index in [1.165, 1.54) is 0 Å². The number of unbranched alkanes of at least 4 members (excludes halogenated alkanes) is 6. The van der Waals surface area contributed by atoms with E-state index < -0.39 is 10.0 Å². The van der Waals surface area contributed by atoms with Crippen molar-refractivity contribution in [2.75, 3.05) is 12.4 Å². The number of aromatic nitrogens is 1. The number of rotatable bonds is 11. The molecule has 0 amide bonds. The van der Waals surface area contributed by atoms with Crippen LogP contribution in [-0.4, -0.2) is 25.8 Å². The molecule has 0 unspecified atom stereocenters. The predicted octanol–water partition coefficient (Wildman–Crippen LogP) is 2.79. The van der Waals surface area contributed by atoms with Gasteiger partial charge in [0, 0.05) is 6.20 Å². The number of hydrogen-bond donors (Lipinski definition) is 1. The summed E-state index contributed by atoms with van der Waals surface area (Å²) >= 11 is 0. The number of ether oxygens (including phenoxy) is 1. The summed E-state index contributed by atoms with van der Waals surface area (Å²) in [5.41, 5.74) is 0.923. The van der Waals surface area contributed by atoms with E-state index in [0.29, 0.717) is 6.42 Å². The fourth-order valence-corrected chi connectivity index (χ4v) is 2.70. The first kappa shape index (κ1) is 17.9. The number of nitrogens with two attached hydrogens (primary N) is 1. The van der Waals surface area contributed by atoms with Crippen LogP contribution in [0, 0.1) is 6.92 Å². The first-order chi connectivity index (χ1) is 9.99. The van der Waals surface area contributed by atoms with E-state index in [-0.39, 0.29) is 5.75 Å². The molecule has 0 spiro atoms. The lowest BCUT2D eigenvalue weighted by Gasteiger charge is -2.07. The van der Waals surface area contributed by atoms with Crippen LogP contribution in [0.15, 0.2) is 18.3 Å². The van der Waals surface area contributed by atoms with Crippen molar-refractivity contribution in [3.63, 3.8) is 0 Å². The van der Waals surface area contributed by atoms with Gasteiger partial charge in [0.1, 0.15) is 5.75 Å². The van der Waals surface area contributed by atoms with Crippen LogP contribution in [0.4, 0.5) is 0 Å². The van der Waals surface area contributed by atoms with Gasteiger partial charge in [-0.15, -0.1) is 0 Å². The third-order valence-corrected chi connectivity index (χ3v) is 4.15. The molecule has 0 aliphatic carbocycles. The minimum absolute atomic E-state index is 0.102. The molecule has 1 rings (SSSR count). The van der Waals surface area contributed by atoms with Crippen molar-refractivity contribution < 1.29 is 13.2 Å². The summed E-state index contributed by atoms with van der Waals surface area (Å²) in [5.74, 6) is 0.964. The lowest BCUT2D eigenvalue weighted by molar-refractivity contribution is 0.301. The minimum atomic E-state index is -3.28. The van der Waals surface area contributed by atoms with E-state index in [1.54, 1.807) is 6.20 Å². The molecule has 0 bridgehead atoms. The monoisotopic (exact) mass is 314 g/mol. The van der Waals surface area contributed by atoms with E-state index in [9.17, 15) is 8.42 Å². The van der Waals surface area contributed by atoms with Crippen molar-refractivity contribution in [2.24, 2.45) is 5.14 Å². The van der Waals surface area contributed by atoms with Crippen LogP contribution >= 0.6 is 0 Å². The standard InChI is InChI=1S/C15H26N2O3S/c1-14-15(10-9-11-17-14)20-12-7-5-3-2-4-6-8-13-21(16,18)19/h9-11H,2-8,12-13H2,1H3,(H2,16,18,19). The zero-order valence-corrected chi connectivity index (χ0v) is 13.6. The van der Waals surface area contributed by atoms with Gasteiger partial charge in [0.15, 0.2) is 0 Å². The highest BCUT2D eigenvalue weighted by Gasteiger charge is 2.01. The molecule has 1 heterocycles. The summed E-state index contributed by atoms with van der Waals surface area (Å²) in [7, 11) is -3.28. The van der Waals surface area contributed by atoms with Crippen molar-refractivity contribution in [3.05, 3.63) is 24.0 Å². The molecule has 2 N–H and O–H groups in total. The largest absolute Gasteiger partial charge is 0.492 e. The maximum absolute atomic E-state index is 10.7. The second kappa shape index (κ2) is 9.73. The average molecular weight is 314 g/mol. The number of primary sulfonamides is 1. The van der Waals surface area contributed by atoms with Crippen LogP contribution in [0.5, 0.6) is 5.75 Å². The normalized spacial score (nSPS) is 11.5. The molecule has 0 atom stereocenters. The third kappa shape index (κ3) is 9.42. The molecular weight excluding hydrogens is 288 g/mol. The lowest BCUT2D eigenvalue weighted by atomic mass is 10.1. The number of pyridine rings is 1. The molecule has 0 radical (unpaired) electrons. The van der Waals surface area contributed by atoms with Crippen molar-refractivity contribution >= 4 is 10.0 Å². The Kier molecular flexibility index (Phi) is 8.30. The van der Waals surface area contributed by atoms with E-state index in [0.717, 1.165) is 56.6 Å². The highest BCUT2D eigenvalue weighted by molar-refractivity contribution is 7.89. The van der Waals surface area contributed by atoms with E-state index in [1.807, 2.05) is 19.1 Å². The second-order valence-corrected chi connectivity index (χ2v) is 7.01. The van der Waals surface area contributed by atoms with E-state index in [2.05, 4.69) is 4.98 Å². The number of nitrogens with zero attached hydrogens (tertiary/aromatic N) is 1. The van der Waals surface area contributed by atoms with Gasteiger partial charge < -0.3 is 4.74 Å². The predicted molar refractivity (Wildman–Crippen MR) is 84.8 cm³/mol. The smallest absolute Gasteiger partial charge is 0.209 e. The van der Waals surface area contributed by atoms with Crippen molar-refractivity contribution in [3.8, 4) is 5.75 Å². The number of hydrogen-bond acceptors (Lipinski definition) is 4. The van der Waals surface area contributed by atoms with Crippen LogP contribution in [0.1, 0.15) is 50.6 Å². The summed E-state index contributed by atoms with van der Waals surface area (Å²) < 4.78 is 27.2. The Bertz CT molecular complexity index is 503. The van der Waals surface area contributed by atoms with Gasteiger partial charge in [0.2, 0.25) is 10.0 Å². The molecule has 0 aromatic carbocycles. The molecule has 21 heavy (non-hydrogen) atoms. The second-order valence-electron chi connectivity index (χ2n) is 5.28. The zero-order valence-electron chi connectivity index (χ0n) is 12.8. The Balaban J connectivity index is 1.92. The van der Waals surface area contributed by atoms with Crippen molar-refractivity contribution in [1.82, 2.24) is 4.98 Å². The first-order valence-electron chi connectivity index (χ1n) is 7.54. The molecule has 5 nitrogen and oxygen atoms in total. The van der Waals surface area contributed by atoms with Crippen molar-refractivity contribution in [2.45, 2.75) is 51.9 Å². The summed E-state index contributed by atoms with van der Waals surface area (Å²) in [6.45, 7) is 2.66. The van der Waals surface area contributed by atoms with Gasteiger partial charge in [-0.2, -0.15) is 0 Å². The van der Waals surface area contributed by atoms with E-state index >= 15 is 0 Å². The topological polar surface area (TPSA) is 82.3 Å². The van der Waals surface area contributed by atoms with Gasteiger partial charge in [-0.05, 0) is 31.9 Å². The van der Waals surface area contributed by atoms with Crippen LogP contribution < -0.4 is 9.88 Å². The zero-order chi connectivity index (χ0) is 15.6. The molecule has 1 aromatic rings. The molecule has 0 saturated carbocycles. The Morgan fingerprint density at radius 3 is 2.33 bits per heavy atom. The Hall–Kier alpha value is -1.14. The fraction of sp³-hybridized carbons (Fsp3) is 0.667. The van der Waals surface area contributed by atoms with E-state index in [4.69, 9.17) is 9.88 Å². The molecule has 0 fully saturated rings. The van der Waals surface area contributed by atoms with Gasteiger partial charge in [-0.1, -0.05) is 32.1 Å². The lowest BCUT2D eigenvalue weighted by Crippen LogP contribution is -2.16. The van der Waals surface area contributed by atoms with Crippen LogP contribution in [0.25, 0.3) is 0 Å². The number of sulfonamides is 1. The van der Waals surface area contributed by atoms with Gasteiger partial charge >= 0.3 is 0 Å². The fourth-order valence-electron chi connectivity index (χ4n) is 2.09. The van der Waals surface area contributed by atoms with Gasteiger partial charge in [-0.25, -0.2) is 13.6 Å². The van der Waals surface area contributed by atoms with Crippen LogP contribution in [0.3, 0.4) is 0 Å². The highest BCUT2D eigenvalue weighted by Crippen LogP contribution is 2.14. The summed E-state index contributed by atoms with van der Waals surface area (Å²) in [4.78, 5) is 4.18. The maximum Gasteiger partial charge on any atom is 0.209 e. The summed E-state index contributed by atoms with van der Waals surface area (Å²) in [6, 6.07) is 3.82. The molecular formula is C15H26N2O3S. The molecule has 0 aliphatic rings.